The molecular formula is C12H18N4. The van der Waals surface area contributed by atoms with Crippen LogP contribution in [0.1, 0.15) is 26.5 Å². The highest BCUT2D eigenvalue weighted by atomic mass is 15.1. The van der Waals surface area contributed by atoms with E-state index >= 15 is 0 Å². The lowest BCUT2D eigenvalue weighted by Gasteiger charge is -2.17. The highest BCUT2D eigenvalue weighted by Gasteiger charge is 2.16. The van der Waals surface area contributed by atoms with Gasteiger partial charge in [0.2, 0.25) is 0 Å². The van der Waals surface area contributed by atoms with Crippen molar-refractivity contribution in [1.29, 1.82) is 0 Å². The Kier molecular flexibility index (Phi) is 2.68. The maximum atomic E-state index is 5.57. The van der Waals surface area contributed by atoms with Crippen molar-refractivity contribution in [2.24, 2.45) is 5.73 Å². The first-order chi connectivity index (χ1) is 7.52. The van der Waals surface area contributed by atoms with Crippen molar-refractivity contribution in [2.45, 2.75) is 32.7 Å². The summed E-state index contributed by atoms with van der Waals surface area (Å²) in [5, 5.41) is 0. The van der Waals surface area contributed by atoms with E-state index in [9.17, 15) is 0 Å². The second-order valence-electron chi connectivity index (χ2n) is 5.03. The molecule has 0 aliphatic carbocycles. The Morgan fingerprint density at radius 3 is 2.69 bits per heavy atom. The van der Waals surface area contributed by atoms with E-state index in [2.05, 4.69) is 41.4 Å². The van der Waals surface area contributed by atoms with E-state index < -0.39 is 0 Å². The fraction of sp³-hybridized carbons (Fsp3) is 0.500. The standard InChI is InChI=1S/C12H18N4/c1-12(2,3)11-6-10-9(7-14-11)15-8-16(10)5-4-13/h6-8H,4-5,13H2,1-3H3. The molecule has 4 nitrogen and oxygen atoms in total. The third-order valence-corrected chi connectivity index (χ3v) is 2.65. The van der Waals surface area contributed by atoms with Gasteiger partial charge in [0.05, 0.1) is 18.0 Å². The molecule has 0 aliphatic rings. The predicted molar refractivity (Wildman–Crippen MR) is 65.3 cm³/mol. The van der Waals surface area contributed by atoms with Crippen LogP contribution in [0.2, 0.25) is 0 Å². The summed E-state index contributed by atoms with van der Waals surface area (Å²) in [6, 6.07) is 2.11. The van der Waals surface area contributed by atoms with Gasteiger partial charge in [-0.15, -0.1) is 0 Å². The van der Waals surface area contributed by atoms with Crippen molar-refractivity contribution in [1.82, 2.24) is 14.5 Å². The third-order valence-electron chi connectivity index (χ3n) is 2.65. The van der Waals surface area contributed by atoms with Crippen LogP contribution in [0.5, 0.6) is 0 Å². The first-order valence-corrected chi connectivity index (χ1v) is 5.54. The van der Waals surface area contributed by atoms with E-state index in [-0.39, 0.29) is 5.41 Å². The monoisotopic (exact) mass is 218 g/mol. The number of fused-ring (bicyclic) bond motifs is 1. The first-order valence-electron chi connectivity index (χ1n) is 5.54. The fourth-order valence-corrected chi connectivity index (χ4v) is 1.69. The Bertz CT molecular complexity index is 493. The van der Waals surface area contributed by atoms with E-state index in [1.807, 2.05) is 12.5 Å². The van der Waals surface area contributed by atoms with Crippen molar-refractivity contribution in [3.63, 3.8) is 0 Å². The highest BCUT2D eigenvalue weighted by molar-refractivity contribution is 5.74. The minimum Gasteiger partial charge on any atom is -0.329 e. The Balaban J connectivity index is 2.54. The number of pyridine rings is 1. The topological polar surface area (TPSA) is 56.7 Å². The molecule has 2 rings (SSSR count). The lowest BCUT2D eigenvalue weighted by molar-refractivity contribution is 0.569. The summed E-state index contributed by atoms with van der Waals surface area (Å²) in [7, 11) is 0. The summed E-state index contributed by atoms with van der Waals surface area (Å²) in [6.45, 7) is 7.89. The summed E-state index contributed by atoms with van der Waals surface area (Å²) >= 11 is 0. The van der Waals surface area contributed by atoms with Crippen LogP contribution < -0.4 is 5.73 Å². The molecule has 2 N–H and O–H groups in total. The van der Waals surface area contributed by atoms with E-state index in [0.29, 0.717) is 6.54 Å². The summed E-state index contributed by atoms with van der Waals surface area (Å²) in [4.78, 5) is 8.75. The molecule has 0 unspecified atom stereocenters. The van der Waals surface area contributed by atoms with Gasteiger partial charge in [0.15, 0.2) is 0 Å². The molecule has 4 heteroatoms. The van der Waals surface area contributed by atoms with Crippen LogP contribution in [0, 0.1) is 0 Å². The third kappa shape index (κ3) is 1.93. The van der Waals surface area contributed by atoms with Crippen molar-refractivity contribution >= 4 is 11.0 Å². The fourth-order valence-electron chi connectivity index (χ4n) is 1.69. The molecule has 2 aromatic rings. The first kappa shape index (κ1) is 11.1. The normalized spacial score (nSPS) is 12.2. The van der Waals surface area contributed by atoms with Gasteiger partial charge >= 0.3 is 0 Å². The molecule has 0 bridgehead atoms. The molecule has 0 saturated carbocycles. The number of imidazole rings is 1. The number of hydrogen-bond donors (Lipinski definition) is 1. The van der Waals surface area contributed by atoms with Crippen LogP contribution in [0.25, 0.3) is 11.0 Å². The van der Waals surface area contributed by atoms with Crippen LogP contribution >= 0.6 is 0 Å². The largest absolute Gasteiger partial charge is 0.329 e. The summed E-state index contributed by atoms with van der Waals surface area (Å²) in [5.74, 6) is 0. The maximum absolute atomic E-state index is 5.57. The Labute approximate surface area is 95.5 Å². The van der Waals surface area contributed by atoms with Crippen molar-refractivity contribution in [3.8, 4) is 0 Å². The lowest BCUT2D eigenvalue weighted by Crippen LogP contribution is -2.14. The molecule has 0 fully saturated rings. The van der Waals surface area contributed by atoms with Gasteiger partial charge in [0, 0.05) is 24.2 Å². The lowest BCUT2D eigenvalue weighted by atomic mass is 9.91. The van der Waals surface area contributed by atoms with E-state index in [1.165, 1.54) is 0 Å². The average molecular weight is 218 g/mol. The molecule has 0 radical (unpaired) electrons. The van der Waals surface area contributed by atoms with Gasteiger partial charge in [-0.05, 0) is 6.07 Å². The van der Waals surface area contributed by atoms with Crippen molar-refractivity contribution in [3.05, 3.63) is 24.3 Å². The zero-order chi connectivity index (χ0) is 11.8. The Morgan fingerprint density at radius 2 is 2.06 bits per heavy atom. The van der Waals surface area contributed by atoms with E-state index in [0.717, 1.165) is 23.3 Å². The number of aromatic nitrogens is 3. The number of rotatable bonds is 2. The quantitative estimate of drug-likeness (QED) is 0.834. The molecule has 86 valence electrons. The second-order valence-corrected chi connectivity index (χ2v) is 5.03. The zero-order valence-corrected chi connectivity index (χ0v) is 10.1. The van der Waals surface area contributed by atoms with Crippen LogP contribution in [0.4, 0.5) is 0 Å². The molecule has 2 aromatic heterocycles. The predicted octanol–water partition coefficient (Wildman–Crippen LogP) is 1.69. The number of nitrogens with two attached hydrogens (primary N) is 1. The van der Waals surface area contributed by atoms with Crippen LogP contribution in [-0.4, -0.2) is 21.1 Å². The molecule has 0 amide bonds. The molecular weight excluding hydrogens is 200 g/mol. The zero-order valence-electron chi connectivity index (χ0n) is 10.1. The molecule has 0 aliphatic heterocycles. The molecule has 2 heterocycles. The van der Waals surface area contributed by atoms with Gasteiger partial charge in [0.25, 0.3) is 0 Å². The van der Waals surface area contributed by atoms with Gasteiger partial charge in [-0.1, -0.05) is 20.8 Å². The summed E-state index contributed by atoms with van der Waals surface area (Å²) in [6.07, 6.45) is 3.66. The average Bonchev–Trinajstić information content (AvgIpc) is 2.60. The van der Waals surface area contributed by atoms with Gasteiger partial charge in [0.1, 0.15) is 5.52 Å². The van der Waals surface area contributed by atoms with Crippen LogP contribution in [0.3, 0.4) is 0 Å². The Morgan fingerprint density at radius 1 is 1.31 bits per heavy atom. The molecule has 16 heavy (non-hydrogen) atoms. The van der Waals surface area contributed by atoms with Crippen LogP contribution in [-0.2, 0) is 12.0 Å². The summed E-state index contributed by atoms with van der Waals surface area (Å²) < 4.78 is 2.08. The maximum Gasteiger partial charge on any atom is 0.107 e. The molecule has 0 atom stereocenters. The van der Waals surface area contributed by atoms with Gasteiger partial charge in [-0.2, -0.15) is 0 Å². The number of hydrogen-bond acceptors (Lipinski definition) is 3. The van der Waals surface area contributed by atoms with Crippen molar-refractivity contribution < 1.29 is 0 Å². The van der Waals surface area contributed by atoms with Gasteiger partial charge < -0.3 is 10.3 Å². The number of nitrogens with zero attached hydrogens (tertiary/aromatic N) is 3. The smallest absolute Gasteiger partial charge is 0.107 e. The molecule has 0 spiro atoms. The minimum absolute atomic E-state index is 0.0615. The molecule has 0 saturated heterocycles. The molecule has 0 aromatic carbocycles. The van der Waals surface area contributed by atoms with E-state index in [4.69, 9.17) is 5.73 Å². The minimum atomic E-state index is 0.0615. The summed E-state index contributed by atoms with van der Waals surface area (Å²) in [5.41, 5.74) is 8.76. The van der Waals surface area contributed by atoms with Gasteiger partial charge in [-0.25, -0.2) is 4.98 Å². The SMILES string of the molecule is CC(C)(C)c1cc2c(cn1)ncn2CCN. The second kappa shape index (κ2) is 3.87. The van der Waals surface area contributed by atoms with Crippen molar-refractivity contribution in [2.75, 3.05) is 6.54 Å². The van der Waals surface area contributed by atoms with E-state index in [1.54, 1.807) is 0 Å². The Hall–Kier alpha value is -1.42. The van der Waals surface area contributed by atoms with Crippen LogP contribution in [0.15, 0.2) is 18.6 Å². The highest BCUT2D eigenvalue weighted by Crippen LogP contribution is 2.23. The van der Waals surface area contributed by atoms with Gasteiger partial charge in [-0.3, -0.25) is 4.98 Å².